The van der Waals surface area contributed by atoms with Gasteiger partial charge in [-0.05, 0) is 0 Å². The van der Waals surface area contributed by atoms with Crippen molar-refractivity contribution in [3.8, 4) is 11.6 Å². The number of alkyl halides is 3. The highest BCUT2D eigenvalue weighted by Crippen LogP contribution is 2.27. The third kappa shape index (κ3) is 2.75. The van der Waals surface area contributed by atoms with Crippen LogP contribution < -0.4 is 8.92 Å². The molecule has 0 aliphatic heterocycles. The summed E-state index contributed by atoms with van der Waals surface area (Å²) >= 11 is 0. The maximum absolute atomic E-state index is 11.9. The second-order valence-corrected chi connectivity index (χ2v) is 4.05. The molecule has 0 aromatic carbocycles. The Labute approximate surface area is 88.9 Å². The molecule has 1 rings (SSSR count). The van der Waals surface area contributed by atoms with E-state index in [2.05, 4.69) is 13.9 Å². The van der Waals surface area contributed by atoms with E-state index < -0.39 is 21.4 Å². The summed E-state index contributed by atoms with van der Waals surface area (Å²) < 4.78 is 65.5. The van der Waals surface area contributed by atoms with Crippen LogP contribution in [0.2, 0.25) is 0 Å². The SMILES string of the molecule is COc1cc(OS(=O)(=O)C(F)(F)F)ccn1. The van der Waals surface area contributed by atoms with Crippen LogP contribution in [0, 0.1) is 0 Å². The molecule has 0 spiro atoms. The van der Waals surface area contributed by atoms with Gasteiger partial charge in [-0.1, -0.05) is 0 Å². The molecule has 0 bridgehead atoms. The highest BCUT2D eigenvalue weighted by molar-refractivity contribution is 7.87. The van der Waals surface area contributed by atoms with Crippen molar-refractivity contribution < 1.29 is 30.5 Å². The molecule has 5 nitrogen and oxygen atoms in total. The predicted octanol–water partition coefficient (Wildman–Crippen LogP) is 1.32. The average molecular weight is 257 g/mol. The first kappa shape index (κ1) is 12.6. The van der Waals surface area contributed by atoms with E-state index in [4.69, 9.17) is 0 Å². The molecule has 1 aromatic heterocycles. The van der Waals surface area contributed by atoms with Crippen molar-refractivity contribution in [2.45, 2.75) is 5.51 Å². The molecule has 0 aliphatic carbocycles. The minimum absolute atomic E-state index is 0.0603. The lowest BCUT2D eigenvalue weighted by Crippen LogP contribution is -2.28. The van der Waals surface area contributed by atoms with Gasteiger partial charge in [0.15, 0.2) is 0 Å². The van der Waals surface area contributed by atoms with E-state index >= 15 is 0 Å². The molecule has 0 amide bonds. The van der Waals surface area contributed by atoms with Gasteiger partial charge >= 0.3 is 15.6 Å². The number of halogens is 3. The highest BCUT2D eigenvalue weighted by atomic mass is 32.2. The Morgan fingerprint density at radius 3 is 2.50 bits per heavy atom. The molecule has 0 atom stereocenters. The molecule has 16 heavy (non-hydrogen) atoms. The van der Waals surface area contributed by atoms with Gasteiger partial charge < -0.3 is 8.92 Å². The fourth-order valence-electron chi connectivity index (χ4n) is 0.729. The standard InChI is InChI=1S/C7H6F3NO4S/c1-14-6-4-5(2-3-11-6)15-16(12,13)7(8,9)10/h2-4H,1H3. The molecule has 1 heterocycles. The van der Waals surface area contributed by atoms with E-state index in [1.165, 1.54) is 7.11 Å². The molecular weight excluding hydrogens is 251 g/mol. The smallest absolute Gasteiger partial charge is 0.481 e. The number of methoxy groups -OCH3 is 1. The van der Waals surface area contributed by atoms with Gasteiger partial charge in [0.05, 0.1) is 7.11 Å². The summed E-state index contributed by atoms with van der Waals surface area (Å²) in [7, 11) is -4.43. The van der Waals surface area contributed by atoms with Crippen molar-refractivity contribution >= 4 is 10.1 Å². The quantitative estimate of drug-likeness (QED) is 0.603. The van der Waals surface area contributed by atoms with Crippen LogP contribution in [-0.4, -0.2) is 26.0 Å². The van der Waals surface area contributed by atoms with Crippen LogP contribution >= 0.6 is 0 Å². The number of pyridine rings is 1. The molecule has 9 heteroatoms. The summed E-state index contributed by atoms with van der Waals surface area (Å²) in [6, 6.07) is 1.88. The summed E-state index contributed by atoms with van der Waals surface area (Å²) in [5.41, 5.74) is -5.47. The Morgan fingerprint density at radius 2 is 2.00 bits per heavy atom. The van der Waals surface area contributed by atoms with E-state index in [0.29, 0.717) is 0 Å². The van der Waals surface area contributed by atoms with Gasteiger partial charge in [0.25, 0.3) is 0 Å². The van der Waals surface area contributed by atoms with E-state index in [0.717, 1.165) is 18.3 Å². The van der Waals surface area contributed by atoms with Crippen LogP contribution in [0.3, 0.4) is 0 Å². The molecule has 0 saturated carbocycles. The largest absolute Gasteiger partial charge is 0.534 e. The Bertz CT molecular complexity index is 471. The Balaban J connectivity index is 2.97. The van der Waals surface area contributed by atoms with Gasteiger partial charge in [-0.3, -0.25) is 0 Å². The first-order valence-electron chi connectivity index (χ1n) is 3.77. The second kappa shape index (κ2) is 4.16. The molecule has 0 fully saturated rings. The second-order valence-electron chi connectivity index (χ2n) is 2.52. The van der Waals surface area contributed by atoms with Crippen LogP contribution in [0.4, 0.5) is 13.2 Å². The number of nitrogens with zero attached hydrogens (tertiary/aromatic N) is 1. The van der Waals surface area contributed by atoms with E-state index in [-0.39, 0.29) is 5.88 Å². The fraction of sp³-hybridized carbons (Fsp3) is 0.286. The molecule has 0 saturated heterocycles. The average Bonchev–Trinajstić information content (AvgIpc) is 2.15. The zero-order valence-electron chi connectivity index (χ0n) is 7.85. The van der Waals surface area contributed by atoms with E-state index in [1.807, 2.05) is 0 Å². The number of ether oxygens (including phenoxy) is 1. The van der Waals surface area contributed by atoms with Crippen molar-refractivity contribution in [3.05, 3.63) is 18.3 Å². The summed E-state index contributed by atoms with van der Waals surface area (Å²) in [4.78, 5) is 3.57. The normalized spacial score (nSPS) is 12.2. The van der Waals surface area contributed by atoms with Gasteiger partial charge in [0.2, 0.25) is 5.88 Å². The van der Waals surface area contributed by atoms with Crippen LogP contribution in [-0.2, 0) is 10.1 Å². The molecule has 0 unspecified atom stereocenters. The number of hydrogen-bond donors (Lipinski definition) is 0. The van der Waals surface area contributed by atoms with Crippen LogP contribution in [0.25, 0.3) is 0 Å². The maximum atomic E-state index is 11.9. The summed E-state index contributed by atoms with van der Waals surface area (Å²) in [5, 5.41) is 0. The lowest BCUT2D eigenvalue weighted by atomic mass is 10.4. The van der Waals surface area contributed by atoms with E-state index in [1.54, 1.807) is 0 Å². The zero-order chi connectivity index (χ0) is 12.4. The van der Waals surface area contributed by atoms with Gasteiger partial charge in [-0.25, -0.2) is 4.98 Å². The highest BCUT2D eigenvalue weighted by Gasteiger charge is 2.48. The number of rotatable bonds is 3. The number of aromatic nitrogens is 1. The monoisotopic (exact) mass is 257 g/mol. The minimum atomic E-state index is -5.66. The zero-order valence-corrected chi connectivity index (χ0v) is 8.67. The first-order valence-corrected chi connectivity index (χ1v) is 5.18. The van der Waals surface area contributed by atoms with Crippen molar-refractivity contribution in [2.75, 3.05) is 7.11 Å². The van der Waals surface area contributed by atoms with Crippen LogP contribution in [0.1, 0.15) is 0 Å². The Morgan fingerprint density at radius 1 is 1.38 bits per heavy atom. The molecule has 0 N–H and O–H groups in total. The van der Waals surface area contributed by atoms with Crippen molar-refractivity contribution in [1.29, 1.82) is 0 Å². The van der Waals surface area contributed by atoms with Crippen molar-refractivity contribution in [2.24, 2.45) is 0 Å². The van der Waals surface area contributed by atoms with Gasteiger partial charge in [-0.15, -0.1) is 0 Å². The first-order chi connectivity index (χ1) is 7.26. The van der Waals surface area contributed by atoms with Crippen molar-refractivity contribution in [3.63, 3.8) is 0 Å². The van der Waals surface area contributed by atoms with Crippen LogP contribution in [0.5, 0.6) is 11.6 Å². The minimum Gasteiger partial charge on any atom is -0.481 e. The maximum Gasteiger partial charge on any atom is 0.534 e. The van der Waals surface area contributed by atoms with E-state index in [9.17, 15) is 21.6 Å². The molecule has 1 aromatic rings. The lowest BCUT2D eigenvalue weighted by Gasteiger charge is -2.09. The van der Waals surface area contributed by atoms with Gasteiger partial charge in [0.1, 0.15) is 5.75 Å². The summed E-state index contributed by atoms with van der Waals surface area (Å²) in [6.45, 7) is 0. The Hall–Kier alpha value is -1.51. The van der Waals surface area contributed by atoms with Gasteiger partial charge in [-0.2, -0.15) is 21.6 Å². The van der Waals surface area contributed by atoms with Crippen LogP contribution in [0.15, 0.2) is 18.3 Å². The summed E-state index contributed by atoms with van der Waals surface area (Å²) in [6.07, 6.45) is 1.06. The lowest BCUT2D eigenvalue weighted by molar-refractivity contribution is -0.0500. The predicted molar refractivity (Wildman–Crippen MR) is 46.4 cm³/mol. The fourth-order valence-corrected chi connectivity index (χ4v) is 1.18. The third-order valence-corrected chi connectivity index (χ3v) is 2.38. The molecule has 0 aliphatic rings. The molecule has 90 valence electrons. The summed E-state index contributed by atoms with van der Waals surface area (Å²) in [5.74, 6) is -0.584. The topological polar surface area (TPSA) is 65.5 Å². The molecule has 0 radical (unpaired) electrons. The molecular formula is C7H6F3NO4S. The number of hydrogen-bond acceptors (Lipinski definition) is 5. The Kier molecular flexibility index (Phi) is 3.27. The third-order valence-electron chi connectivity index (χ3n) is 1.40. The van der Waals surface area contributed by atoms with Gasteiger partial charge in [0, 0.05) is 18.3 Å². The van der Waals surface area contributed by atoms with Crippen molar-refractivity contribution in [1.82, 2.24) is 4.98 Å².